The topological polar surface area (TPSA) is 113 Å². The SMILES string of the molecule is Cc1[nH]nc(-c2cccnc2)c1N=NN1CCC(C(N)=O)CC1. The number of carbonyl (C=O) groups excluding carboxylic acids is 1. The van der Waals surface area contributed by atoms with E-state index in [9.17, 15) is 4.79 Å². The number of nitrogens with one attached hydrogen (secondary N) is 1. The summed E-state index contributed by atoms with van der Waals surface area (Å²) in [5.41, 5.74) is 8.50. The van der Waals surface area contributed by atoms with Crippen molar-refractivity contribution in [2.24, 2.45) is 22.0 Å². The van der Waals surface area contributed by atoms with Crippen LogP contribution in [0.3, 0.4) is 0 Å². The van der Waals surface area contributed by atoms with Gasteiger partial charge in [-0.1, -0.05) is 5.22 Å². The van der Waals surface area contributed by atoms with Crippen LogP contribution >= 0.6 is 0 Å². The highest BCUT2D eigenvalue weighted by Gasteiger charge is 2.22. The standard InChI is InChI=1S/C15H19N7O/c1-10-13(14(19-18-10)12-3-2-6-17-9-12)20-21-22-7-4-11(5-8-22)15(16)23/h2-3,6,9,11H,4-5,7-8H2,1H3,(H2,16,23)(H,18,19). The van der Waals surface area contributed by atoms with E-state index in [4.69, 9.17) is 5.73 Å². The first kappa shape index (κ1) is 15.1. The van der Waals surface area contributed by atoms with Crippen LogP contribution in [0.1, 0.15) is 18.5 Å². The lowest BCUT2D eigenvalue weighted by atomic mass is 9.97. The number of piperidine rings is 1. The second kappa shape index (κ2) is 6.55. The van der Waals surface area contributed by atoms with Crippen molar-refractivity contribution >= 4 is 11.6 Å². The van der Waals surface area contributed by atoms with Crippen molar-refractivity contribution in [3.63, 3.8) is 0 Å². The summed E-state index contributed by atoms with van der Waals surface area (Å²) in [7, 11) is 0. The molecule has 3 N–H and O–H groups in total. The number of aromatic nitrogens is 3. The number of rotatable bonds is 4. The summed E-state index contributed by atoms with van der Waals surface area (Å²) in [6.45, 7) is 3.26. The molecule has 1 saturated heterocycles. The van der Waals surface area contributed by atoms with Gasteiger partial charge in [0.05, 0.1) is 5.69 Å². The quantitative estimate of drug-likeness (QED) is 0.840. The van der Waals surface area contributed by atoms with Crippen LogP contribution in [0.2, 0.25) is 0 Å². The number of carbonyl (C=O) groups is 1. The van der Waals surface area contributed by atoms with E-state index in [1.165, 1.54) is 0 Å². The predicted molar refractivity (Wildman–Crippen MR) is 84.6 cm³/mol. The van der Waals surface area contributed by atoms with Crippen LogP contribution in [0.4, 0.5) is 5.69 Å². The monoisotopic (exact) mass is 313 g/mol. The molecule has 1 fully saturated rings. The Kier molecular flexibility index (Phi) is 4.31. The molecule has 0 spiro atoms. The van der Waals surface area contributed by atoms with E-state index >= 15 is 0 Å². The van der Waals surface area contributed by atoms with Crippen LogP contribution < -0.4 is 5.73 Å². The minimum atomic E-state index is -0.230. The van der Waals surface area contributed by atoms with E-state index in [0.717, 1.165) is 17.0 Å². The summed E-state index contributed by atoms with van der Waals surface area (Å²) in [6.07, 6.45) is 4.89. The summed E-state index contributed by atoms with van der Waals surface area (Å²) < 4.78 is 0. The maximum Gasteiger partial charge on any atom is 0.220 e. The summed E-state index contributed by atoms with van der Waals surface area (Å²) in [6, 6.07) is 3.79. The molecule has 2 aromatic rings. The maximum atomic E-state index is 11.2. The summed E-state index contributed by atoms with van der Waals surface area (Å²) in [5, 5.41) is 17.7. The number of hydrogen-bond donors (Lipinski definition) is 2. The zero-order valence-corrected chi connectivity index (χ0v) is 12.9. The predicted octanol–water partition coefficient (Wildman–Crippen LogP) is 1.98. The molecular formula is C15H19N7O. The lowest BCUT2D eigenvalue weighted by Gasteiger charge is -2.26. The second-order valence-electron chi connectivity index (χ2n) is 5.61. The van der Waals surface area contributed by atoms with Crippen molar-refractivity contribution in [2.45, 2.75) is 19.8 Å². The molecule has 3 rings (SSSR count). The van der Waals surface area contributed by atoms with Gasteiger partial charge in [-0.3, -0.25) is 19.9 Å². The van der Waals surface area contributed by atoms with Gasteiger partial charge in [-0.05, 0) is 31.9 Å². The fraction of sp³-hybridized carbons (Fsp3) is 0.400. The number of nitrogens with zero attached hydrogens (tertiary/aromatic N) is 5. The molecule has 0 atom stereocenters. The highest BCUT2D eigenvalue weighted by atomic mass is 16.1. The van der Waals surface area contributed by atoms with Gasteiger partial charge in [0.2, 0.25) is 5.91 Å². The molecule has 23 heavy (non-hydrogen) atoms. The molecule has 120 valence electrons. The van der Waals surface area contributed by atoms with E-state index in [1.54, 1.807) is 12.4 Å². The van der Waals surface area contributed by atoms with E-state index < -0.39 is 0 Å². The lowest BCUT2D eigenvalue weighted by Crippen LogP contribution is -2.35. The molecule has 1 amide bonds. The molecule has 0 aliphatic carbocycles. The third-order valence-corrected chi connectivity index (χ3v) is 3.99. The van der Waals surface area contributed by atoms with Gasteiger partial charge < -0.3 is 5.73 Å². The number of primary amides is 1. The van der Waals surface area contributed by atoms with Gasteiger partial charge in [0.25, 0.3) is 0 Å². The Labute approximate surface area is 133 Å². The Morgan fingerprint density at radius 1 is 1.43 bits per heavy atom. The zero-order chi connectivity index (χ0) is 16.2. The van der Waals surface area contributed by atoms with E-state index in [1.807, 2.05) is 24.1 Å². The van der Waals surface area contributed by atoms with Crippen LogP contribution in [-0.4, -0.2) is 39.2 Å². The Hall–Kier alpha value is -2.77. The highest BCUT2D eigenvalue weighted by Crippen LogP contribution is 2.31. The fourth-order valence-corrected chi connectivity index (χ4v) is 2.60. The second-order valence-corrected chi connectivity index (χ2v) is 5.61. The van der Waals surface area contributed by atoms with Crippen molar-refractivity contribution in [1.29, 1.82) is 0 Å². The summed E-state index contributed by atoms with van der Waals surface area (Å²) in [5.74, 6) is -0.283. The molecule has 1 aliphatic rings. The van der Waals surface area contributed by atoms with Crippen LogP contribution in [-0.2, 0) is 4.79 Å². The molecule has 0 radical (unpaired) electrons. The van der Waals surface area contributed by atoms with Gasteiger partial charge in [0.1, 0.15) is 11.4 Å². The smallest absolute Gasteiger partial charge is 0.220 e. The first-order chi connectivity index (χ1) is 11.1. The van der Waals surface area contributed by atoms with Crippen molar-refractivity contribution in [2.75, 3.05) is 13.1 Å². The summed E-state index contributed by atoms with van der Waals surface area (Å²) in [4.78, 5) is 15.3. The molecular weight excluding hydrogens is 294 g/mol. The largest absolute Gasteiger partial charge is 0.369 e. The van der Waals surface area contributed by atoms with Crippen molar-refractivity contribution in [1.82, 2.24) is 20.2 Å². The molecule has 0 aromatic carbocycles. The van der Waals surface area contributed by atoms with E-state index in [2.05, 4.69) is 25.5 Å². The molecule has 1 aliphatic heterocycles. The molecule has 0 bridgehead atoms. The molecule has 8 heteroatoms. The average Bonchev–Trinajstić information content (AvgIpc) is 2.95. The van der Waals surface area contributed by atoms with Gasteiger partial charge >= 0.3 is 0 Å². The minimum absolute atomic E-state index is 0.0527. The van der Waals surface area contributed by atoms with Crippen molar-refractivity contribution in [3.05, 3.63) is 30.2 Å². The minimum Gasteiger partial charge on any atom is -0.369 e. The highest BCUT2D eigenvalue weighted by molar-refractivity contribution is 5.76. The van der Waals surface area contributed by atoms with Crippen molar-refractivity contribution in [3.8, 4) is 11.3 Å². The van der Waals surface area contributed by atoms with Gasteiger partial charge in [-0.15, -0.1) is 5.11 Å². The maximum absolute atomic E-state index is 11.2. The Bertz CT molecular complexity index is 702. The number of nitrogens with two attached hydrogens (primary N) is 1. The third kappa shape index (κ3) is 3.36. The lowest BCUT2D eigenvalue weighted by molar-refractivity contribution is -0.123. The van der Waals surface area contributed by atoms with Gasteiger partial charge in [-0.25, -0.2) is 0 Å². The number of aromatic amines is 1. The Balaban J connectivity index is 1.74. The summed E-state index contributed by atoms with van der Waals surface area (Å²) >= 11 is 0. The van der Waals surface area contributed by atoms with Gasteiger partial charge in [0.15, 0.2) is 0 Å². The van der Waals surface area contributed by atoms with Crippen LogP contribution in [0.25, 0.3) is 11.3 Å². The first-order valence-corrected chi connectivity index (χ1v) is 7.56. The number of H-pyrrole nitrogens is 1. The van der Waals surface area contributed by atoms with Crippen molar-refractivity contribution < 1.29 is 4.79 Å². The molecule has 2 aromatic heterocycles. The first-order valence-electron chi connectivity index (χ1n) is 7.56. The molecule has 0 unspecified atom stereocenters. The van der Waals surface area contributed by atoms with Crippen LogP contribution in [0.15, 0.2) is 34.9 Å². The fourth-order valence-electron chi connectivity index (χ4n) is 2.60. The number of aryl methyl sites for hydroxylation is 1. The molecule has 8 nitrogen and oxygen atoms in total. The number of pyridine rings is 1. The number of hydrogen-bond acceptors (Lipinski definition) is 5. The Morgan fingerprint density at radius 3 is 2.87 bits per heavy atom. The Morgan fingerprint density at radius 2 is 2.22 bits per heavy atom. The van der Waals surface area contributed by atoms with Gasteiger partial charge in [0, 0.05) is 37.0 Å². The third-order valence-electron chi connectivity index (χ3n) is 3.99. The molecule has 3 heterocycles. The van der Waals surface area contributed by atoms with E-state index in [0.29, 0.717) is 31.6 Å². The van der Waals surface area contributed by atoms with E-state index in [-0.39, 0.29) is 11.8 Å². The normalized spacial score (nSPS) is 16.1. The van der Waals surface area contributed by atoms with Crippen LogP contribution in [0.5, 0.6) is 0 Å². The molecule has 0 saturated carbocycles. The van der Waals surface area contributed by atoms with Gasteiger partial charge in [-0.2, -0.15) is 5.10 Å². The zero-order valence-electron chi connectivity index (χ0n) is 12.9. The average molecular weight is 313 g/mol. The van der Waals surface area contributed by atoms with Crippen LogP contribution in [0, 0.1) is 12.8 Å². The number of amides is 1.